The van der Waals surface area contributed by atoms with E-state index in [-0.39, 0.29) is 23.0 Å². The van der Waals surface area contributed by atoms with Crippen molar-refractivity contribution in [1.82, 2.24) is 20.3 Å². The van der Waals surface area contributed by atoms with Crippen LogP contribution in [0, 0.1) is 0 Å². The number of nitrogens with one attached hydrogen (secondary N) is 2. The van der Waals surface area contributed by atoms with Crippen LogP contribution in [0.1, 0.15) is 6.92 Å². The van der Waals surface area contributed by atoms with Gasteiger partial charge in [-0.2, -0.15) is 4.98 Å². The van der Waals surface area contributed by atoms with Crippen molar-refractivity contribution in [1.29, 1.82) is 0 Å². The number of carbonyl (C=O) groups excluding carboxylic acids is 1. The van der Waals surface area contributed by atoms with E-state index in [0.29, 0.717) is 0 Å². The summed E-state index contributed by atoms with van der Waals surface area (Å²) in [5.74, 6) is -0.324. The second-order valence-electron chi connectivity index (χ2n) is 2.53. The Kier molecular flexibility index (Phi) is 1.73. The maximum absolute atomic E-state index is 11.2. The molecular weight excluding hydrogens is 190 g/mol. The van der Waals surface area contributed by atoms with Crippen LogP contribution in [0.2, 0.25) is 0 Å². The van der Waals surface area contributed by atoms with Crippen LogP contribution in [0.15, 0.2) is 9.42 Å². The summed E-state index contributed by atoms with van der Waals surface area (Å²) in [4.78, 5) is 28.0. The Morgan fingerprint density at radius 1 is 1.50 bits per heavy atom. The van der Waals surface area contributed by atoms with Crippen LogP contribution in [0.4, 0.5) is 5.95 Å². The molecule has 0 aliphatic rings. The average Bonchev–Trinajstić information content (AvgIpc) is 2.50. The average molecular weight is 195 g/mol. The molecule has 0 radical (unpaired) electrons. The first kappa shape index (κ1) is 8.35. The maximum atomic E-state index is 11.2. The molecule has 0 aliphatic carbocycles. The Labute approximate surface area is 76.3 Å². The van der Waals surface area contributed by atoms with Gasteiger partial charge in [0, 0.05) is 6.92 Å². The van der Waals surface area contributed by atoms with Gasteiger partial charge in [-0.3, -0.25) is 19.9 Å². The topological polar surface area (TPSA) is 114 Å². The van der Waals surface area contributed by atoms with Gasteiger partial charge in [0.25, 0.3) is 5.56 Å². The number of aromatic amines is 1. The van der Waals surface area contributed by atoms with Gasteiger partial charge in [0.2, 0.25) is 23.0 Å². The van der Waals surface area contributed by atoms with E-state index in [1.165, 1.54) is 6.92 Å². The van der Waals surface area contributed by atoms with E-state index in [4.69, 9.17) is 0 Å². The zero-order valence-corrected chi connectivity index (χ0v) is 7.07. The molecule has 8 nitrogen and oxygen atoms in total. The number of rotatable bonds is 1. The fraction of sp³-hybridized carbons (Fsp3) is 0.167. The van der Waals surface area contributed by atoms with E-state index in [2.05, 4.69) is 30.2 Å². The molecule has 2 rings (SSSR count). The molecule has 0 spiro atoms. The number of aromatic nitrogens is 4. The highest BCUT2D eigenvalue weighted by Crippen LogP contribution is 2.02. The van der Waals surface area contributed by atoms with Crippen LogP contribution in [0.3, 0.4) is 0 Å². The summed E-state index contributed by atoms with van der Waals surface area (Å²) in [6.45, 7) is 1.30. The smallest absolute Gasteiger partial charge is 0.284 e. The van der Waals surface area contributed by atoms with Gasteiger partial charge in [0.05, 0.1) is 0 Å². The molecule has 2 N–H and O–H groups in total. The largest absolute Gasteiger partial charge is 0.296 e. The lowest BCUT2D eigenvalue weighted by Crippen LogP contribution is -2.15. The first-order chi connectivity index (χ1) is 6.66. The summed E-state index contributed by atoms with van der Waals surface area (Å²) in [6, 6.07) is 0. The predicted octanol–water partition coefficient (Wildman–Crippen LogP) is -0.736. The Morgan fingerprint density at radius 3 is 3.00 bits per heavy atom. The number of amides is 1. The summed E-state index contributed by atoms with van der Waals surface area (Å²) < 4.78 is 4.31. The summed E-state index contributed by atoms with van der Waals surface area (Å²) in [5.41, 5.74) is -0.461. The fourth-order valence-electron chi connectivity index (χ4n) is 0.927. The molecular formula is C6H5N5O3. The lowest BCUT2D eigenvalue weighted by atomic mass is 10.5. The van der Waals surface area contributed by atoms with Crippen LogP contribution >= 0.6 is 0 Å². The molecule has 0 aromatic carbocycles. The molecule has 0 fully saturated rings. The molecule has 2 aromatic heterocycles. The van der Waals surface area contributed by atoms with Crippen molar-refractivity contribution in [2.45, 2.75) is 6.92 Å². The highest BCUT2D eigenvalue weighted by molar-refractivity contribution is 5.87. The van der Waals surface area contributed by atoms with E-state index in [1.54, 1.807) is 0 Å². The quantitative estimate of drug-likeness (QED) is 0.619. The monoisotopic (exact) mass is 195 g/mol. The minimum absolute atomic E-state index is 0.000831. The molecule has 2 aromatic rings. The Balaban J connectivity index is 2.58. The standard InChI is InChI=1S/C6H5N5O3/c1-2(12)7-6-8-4-3(5(13)9-6)10-14-11-4/h1H3,(H2,7,8,9,11,12,13). The molecule has 8 heteroatoms. The molecule has 0 bridgehead atoms. The predicted molar refractivity (Wildman–Crippen MR) is 44.5 cm³/mol. The van der Waals surface area contributed by atoms with Crippen molar-refractivity contribution in [3.63, 3.8) is 0 Å². The van der Waals surface area contributed by atoms with Crippen molar-refractivity contribution in [3.05, 3.63) is 10.4 Å². The minimum Gasteiger partial charge on any atom is -0.296 e. The van der Waals surface area contributed by atoms with Gasteiger partial charge in [-0.15, -0.1) is 0 Å². The first-order valence-corrected chi connectivity index (χ1v) is 3.67. The Morgan fingerprint density at radius 2 is 2.29 bits per heavy atom. The molecule has 14 heavy (non-hydrogen) atoms. The molecule has 1 amide bonds. The number of nitrogens with zero attached hydrogens (tertiary/aromatic N) is 3. The van der Waals surface area contributed by atoms with Crippen LogP contribution in [-0.2, 0) is 4.79 Å². The Bertz CT molecular complexity index is 542. The molecule has 0 saturated heterocycles. The van der Waals surface area contributed by atoms with Gasteiger partial charge in [0.1, 0.15) is 0 Å². The van der Waals surface area contributed by atoms with Gasteiger partial charge in [-0.1, -0.05) is 0 Å². The summed E-state index contributed by atoms with van der Waals surface area (Å²) in [7, 11) is 0. The third-order valence-electron chi connectivity index (χ3n) is 1.43. The highest BCUT2D eigenvalue weighted by Gasteiger charge is 2.09. The third kappa shape index (κ3) is 1.32. The van der Waals surface area contributed by atoms with E-state index < -0.39 is 5.56 Å². The zero-order valence-electron chi connectivity index (χ0n) is 7.07. The van der Waals surface area contributed by atoms with Crippen molar-refractivity contribution in [2.75, 3.05) is 5.32 Å². The van der Waals surface area contributed by atoms with Crippen molar-refractivity contribution in [3.8, 4) is 0 Å². The van der Waals surface area contributed by atoms with E-state index in [0.717, 1.165) is 0 Å². The third-order valence-corrected chi connectivity index (χ3v) is 1.43. The minimum atomic E-state index is -0.514. The second kappa shape index (κ2) is 2.91. The van der Waals surface area contributed by atoms with Crippen molar-refractivity contribution >= 4 is 23.0 Å². The molecule has 72 valence electrons. The van der Waals surface area contributed by atoms with Crippen LogP contribution in [0.25, 0.3) is 11.2 Å². The molecule has 0 aliphatic heterocycles. The van der Waals surface area contributed by atoms with Gasteiger partial charge in [0.15, 0.2) is 0 Å². The summed E-state index contributed by atoms with van der Waals surface area (Å²) in [5, 5.41) is 9.02. The molecule has 2 heterocycles. The van der Waals surface area contributed by atoms with Crippen molar-refractivity contribution in [2.24, 2.45) is 0 Å². The molecule has 0 saturated carbocycles. The number of anilines is 1. The van der Waals surface area contributed by atoms with Gasteiger partial charge in [-0.05, 0) is 10.3 Å². The van der Waals surface area contributed by atoms with Crippen molar-refractivity contribution < 1.29 is 9.42 Å². The number of H-pyrrole nitrogens is 1. The number of fused-ring (bicyclic) bond motifs is 1. The SMILES string of the molecule is CC(=O)Nc1nc2nonc2c(=O)[nH]1. The number of hydrogen-bond donors (Lipinski definition) is 2. The number of carbonyl (C=O) groups is 1. The lowest BCUT2D eigenvalue weighted by molar-refractivity contribution is -0.114. The second-order valence-corrected chi connectivity index (χ2v) is 2.53. The first-order valence-electron chi connectivity index (χ1n) is 3.67. The maximum Gasteiger partial charge on any atom is 0.284 e. The van der Waals surface area contributed by atoms with E-state index in [9.17, 15) is 9.59 Å². The molecule has 0 atom stereocenters. The normalized spacial score (nSPS) is 10.4. The van der Waals surface area contributed by atoms with Gasteiger partial charge < -0.3 is 0 Å². The summed E-state index contributed by atoms with van der Waals surface area (Å²) >= 11 is 0. The van der Waals surface area contributed by atoms with E-state index in [1.807, 2.05) is 0 Å². The van der Waals surface area contributed by atoms with E-state index >= 15 is 0 Å². The summed E-state index contributed by atoms with van der Waals surface area (Å²) in [6.07, 6.45) is 0. The molecule has 0 unspecified atom stereocenters. The van der Waals surface area contributed by atoms with Crippen LogP contribution < -0.4 is 10.9 Å². The zero-order chi connectivity index (χ0) is 10.1. The number of hydrogen-bond acceptors (Lipinski definition) is 6. The Hall–Kier alpha value is -2.25. The van der Waals surface area contributed by atoms with Gasteiger partial charge >= 0.3 is 0 Å². The lowest BCUT2D eigenvalue weighted by Gasteiger charge is -1.97. The van der Waals surface area contributed by atoms with Crippen LogP contribution in [0.5, 0.6) is 0 Å². The fourth-order valence-corrected chi connectivity index (χ4v) is 0.927. The van der Waals surface area contributed by atoms with Gasteiger partial charge in [-0.25, -0.2) is 4.63 Å². The van der Waals surface area contributed by atoms with Crippen LogP contribution in [-0.4, -0.2) is 26.2 Å². The highest BCUT2D eigenvalue weighted by atomic mass is 16.6.